The fraction of sp³-hybridized carbons (Fsp3) is 0.435. The lowest BCUT2D eigenvalue weighted by Gasteiger charge is -2.32. The molecule has 0 saturated heterocycles. The molecular formula is C23H31NO2. The van der Waals surface area contributed by atoms with E-state index in [0.29, 0.717) is 17.6 Å². The first-order chi connectivity index (χ1) is 12.2. The molecule has 0 saturated carbocycles. The molecule has 1 heterocycles. The Morgan fingerprint density at radius 3 is 2.31 bits per heavy atom. The Hall–Kier alpha value is -2.29. The van der Waals surface area contributed by atoms with Gasteiger partial charge in [0.1, 0.15) is 5.75 Å². The fourth-order valence-electron chi connectivity index (χ4n) is 3.18. The zero-order chi connectivity index (χ0) is 19.3. The summed E-state index contributed by atoms with van der Waals surface area (Å²) in [6, 6.07) is 11.8. The highest BCUT2D eigenvalue weighted by Crippen LogP contribution is 2.40. The number of hydrogen-bond donors (Lipinski definition) is 0. The van der Waals surface area contributed by atoms with Gasteiger partial charge in [-0.1, -0.05) is 46.8 Å². The lowest BCUT2D eigenvalue weighted by molar-refractivity contribution is -0.128. The van der Waals surface area contributed by atoms with Crippen LogP contribution in [0.2, 0.25) is 0 Å². The van der Waals surface area contributed by atoms with Gasteiger partial charge in [0.05, 0.1) is 0 Å². The third-order valence-electron chi connectivity index (χ3n) is 4.63. The predicted octanol–water partition coefficient (Wildman–Crippen LogP) is 5.82. The second-order valence-electron chi connectivity index (χ2n) is 8.42. The van der Waals surface area contributed by atoms with Crippen molar-refractivity contribution in [2.75, 3.05) is 0 Å². The number of carbonyl (C=O) groups is 1. The van der Waals surface area contributed by atoms with Gasteiger partial charge in [-0.3, -0.25) is 0 Å². The van der Waals surface area contributed by atoms with E-state index >= 15 is 0 Å². The third-order valence-corrected chi connectivity index (χ3v) is 4.63. The number of hydrogen-bond acceptors (Lipinski definition) is 2. The zero-order valence-electron chi connectivity index (χ0n) is 16.8. The summed E-state index contributed by atoms with van der Waals surface area (Å²) < 4.78 is 7.36. The van der Waals surface area contributed by atoms with E-state index in [0.717, 1.165) is 12.1 Å². The molecule has 2 aromatic rings. The van der Waals surface area contributed by atoms with E-state index in [1.165, 1.54) is 11.6 Å². The molecule has 0 spiro atoms. The van der Waals surface area contributed by atoms with Crippen molar-refractivity contribution in [2.45, 2.75) is 47.0 Å². The van der Waals surface area contributed by atoms with Crippen molar-refractivity contribution in [3.8, 4) is 5.75 Å². The number of aryl methyl sites for hydroxylation is 1. The van der Waals surface area contributed by atoms with E-state index in [-0.39, 0.29) is 11.4 Å². The van der Waals surface area contributed by atoms with Gasteiger partial charge in [-0.2, -0.15) is 0 Å². The summed E-state index contributed by atoms with van der Waals surface area (Å²) in [5.74, 6) is 1.32. The van der Waals surface area contributed by atoms with Crippen molar-refractivity contribution in [3.63, 3.8) is 0 Å². The van der Waals surface area contributed by atoms with Crippen LogP contribution in [0.15, 0.2) is 48.7 Å². The van der Waals surface area contributed by atoms with Crippen LogP contribution in [0.3, 0.4) is 0 Å². The monoisotopic (exact) mass is 353 g/mol. The number of rotatable bonds is 6. The van der Waals surface area contributed by atoms with Crippen LogP contribution in [-0.2, 0) is 11.8 Å². The molecule has 140 valence electrons. The summed E-state index contributed by atoms with van der Waals surface area (Å²) in [7, 11) is 1.94. The van der Waals surface area contributed by atoms with E-state index in [2.05, 4.69) is 46.8 Å². The number of nitrogens with zero attached hydrogens (tertiary/aromatic N) is 1. The van der Waals surface area contributed by atoms with E-state index in [1.54, 1.807) is 6.08 Å². The van der Waals surface area contributed by atoms with Crippen LogP contribution >= 0.6 is 0 Å². The summed E-state index contributed by atoms with van der Waals surface area (Å²) in [6.45, 7) is 11.4. The molecule has 1 aromatic heterocycles. The second kappa shape index (κ2) is 8.39. The Labute approximate surface area is 157 Å². The molecule has 0 aliphatic rings. The first kappa shape index (κ1) is 20.0. The summed E-state index contributed by atoms with van der Waals surface area (Å²) in [5, 5.41) is 0. The van der Waals surface area contributed by atoms with Crippen molar-refractivity contribution in [1.82, 2.24) is 4.57 Å². The van der Waals surface area contributed by atoms with Crippen LogP contribution < -0.4 is 4.74 Å². The van der Waals surface area contributed by atoms with E-state index in [1.807, 2.05) is 42.1 Å². The van der Waals surface area contributed by atoms with Gasteiger partial charge in [-0.25, -0.2) is 4.79 Å². The normalized spacial score (nSPS) is 13.3. The Balaban J connectivity index is 2.05. The molecule has 0 radical (unpaired) electrons. The minimum absolute atomic E-state index is 0.195. The van der Waals surface area contributed by atoms with E-state index in [9.17, 15) is 4.79 Å². The molecule has 1 aromatic carbocycles. The van der Waals surface area contributed by atoms with Gasteiger partial charge in [-0.05, 0) is 59.6 Å². The Morgan fingerprint density at radius 2 is 1.81 bits per heavy atom. The number of carbonyl (C=O) groups excluding carboxylic acids is 1. The largest absolute Gasteiger partial charge is 0.423 e. The number of esters is 1. The van der Waals surface area contributed by atoms with Crippen LogP contribution in [0.4, 0.5) is 0 Å². The highest BCUT2D eigenvalue weighted by Gasteiger charge is 2.26. The fourth-order valence-corrected chi connectivity index (χ4v) is 3.18. The van der Waals surface area contributed by atoms with Crippen molar-refractivity contribution in [1.29, 1.82) is 0 Å². The maximum Gasteiger partial charge on any atom is 0.336 e. The summed E-state index contributed by atoms with van der Waals surface area (Å²) in [6.07, 6.45) is 6.30. The number of ether oxygens (including phenoxy) is 1. The quantitative estimate of drug-likeness (QED) is 0.372. The second-order valence-corrected chi connectivity index (χ2v) is 8.42. The van der Waals surface area contributed by atoms with Crippen LogP contribution in [0.1, 0.15) is 58.2 Å². The van der Waals surface area contributed by atoms with Gasteiger partial charge in [-0.15, -0.1) is 0 Å². The molecule has 0 amide bonds. The molecule has 26 heavy (non-hydrogen) atoms. The van der Waals surface area contributed by atoms with Crippen LogP contribution in [0.5, 0.6) is 5.75 Å². The smallest absolute Gasteiger partial charge is 0.336 e. The third kappa shape index (κ3) is 5.62. The average Bonchev–Trinajstić information content (AvgIpc) is 2.95. The number of benzene rings is 1. The topological polar surface area (TPSA) is 31.2 Å². The molecular weight excluding hydrogens is 322 g/mol. The van der Waals surface area contributed by atoms with Gasteiger partial charge >= 0.3 is 5.97 Å². The van der Waals surface area contributed by atoms with Crippen molar-refractivity contribution < 1.29 is 9.53 Å². The highest BCUT2D eigenvalue weighted by atomic mass is 16.5. The molecule has 0 aliphatic carbocycles. The van der Waals surface area contributed by atoms with Gasteiger partial charge in [0.2, 0.25) is 0 Å². The predicted molar refractivity (Wildman–Crippen MR) is 108 cm³/mol. The van der Waals surface area contributed by atoms with Gasteiger partial charge < -0.3 is 9.30 Å². The SMILES string of the molecule is CC(C)CC(c1ccc(OC(=O)/C=C/c2cccn2C)cc1)C(C)(C)C. The molecule has 2 rings (SSSR count). The maximum absolute atomic E-state index is 12.0. The molecule has 1 unspecified atom stereocenters. The molecule has 0 aliphatic heterocycles. The van der Waals surface area contributed by atoms with Gasteiger partial charge in [0.25, 0.3) is 0 Å². The summed E-state index contributed by atoms with van der Waals surface area (Å²) in [4.78, 5) is 12.0. The van der Waals surface area contributed by atoms with E-state index < -0.39 is 0 Å². The Kier molecular flexibility index (Phi) is 6.47. The van der Waals surface area contributed by atoms with Gasteiger partial charge in [0, 0.05) is 25.0 Å². The minimum atomic E-state index is -0.367. The lowest BCUT2D eigenvalue weighted by Crippen LogP contribution is -2.20. The highest BCUT2D eigenvalue weighted by molar-refractivity contribution is 5.88. The molecule has 0 bridgehead atoms. The van der Waals surface area contributed by atoms with Crippen molar-refractivity contribution >= 4 is 12.0 Å². The lowest BCUT2D eigenvalue weighted by atomic mass is 9.72. The molecule has 0 fully saturated rings. The number of aromatic nitrogens is 1. The van der Waals surface area contributed by atoms with Crippen LogP contribution in [0, 0.1) is 11.3 Å². The molecule has 3 heteroatoms. The Bertz CT molecular complexity index is 745. The maximum atomic E-state index is 12.0. The molecule has 1 atom stereocenters. The summed E-state index contributed by atoms with van der Waals surface area (Å²) in [5.41, 5.74) is 2.45. The average molecular weight is 354 g/mol. The van der Waals surface area contributed by atoms with Gasteiger partial charge in [0.15, 0.2) is 0 Å². The van der Waals surface area contributed by atoms with E-state index in [4.69, 9.17) is 4.74 Å². The van der Waals surface area contributed by atoms with Crippen LogP contribution in [0.25, 0.3) is 6.08 Å². The Morgan fingerprint density at radius 1 is 1.15 bits per heavy atom. The standard InChI is InChI=1S/C23H31NO2/c1-17(2)16-21(23(3,4)5)18-9-12-20(13-10-18)26-22(25)14-11-19-8-7-15-24(19)6/h7-15,17,21H,16H2,1-6H3/b14-11+. The van der Waals surface area contributed by atoms with Crippen LogP contribution in [-0.4, -0.2) is 10.5 Å². The van der Waals surface area contributed by atoms with Crippen molar-refractivity contribution in [3.05, 3.63) is 59.9 Å². The molecule has 3 nitrogen and oxygen atoms in total. The minimum Gasteiger partial charge on any atom is -0.423 e. The zero-order valence-corrected chi connectivity index (χ0v) is 16.8. The van der Waals surface area contributed by atoms with Crippen molar-refractivity contribution in [2.24, 2.45) is 18.4 Å². The first-order valence-corrected chi connectivity index (χ1v) is 9.28. The molecule has 0 N–H and O–H groups in total. The summed E-state index contributed by atoms with van der Waals surface area (Å²) >= 11 is 0. The first-order valence-electron chi connectivity index (χ1n) is 9.28.